The first kappa shape index (κ1) is 140. The first-order chi connectivity index (χ1) is 71.0. The number of phenols is 6. The molecule has 12 aromatic rings. The summed E-state index contributed by atoms with van der Waals surface area (Å²) in [5.74, 6) is 4.84. The van der Waals surface area contributed by atoms with Crippen molar-refractivity contribution >= 4 is 227 Å². The fraction of sp³-hybridized carbons (Fsp3) is 0.314. The van der Waals surface area contributed by atoms with Gasteiger partial charge in [-0.2, -0.15) is 0 Å². The van der Waals surface area contributed by atoms with Gasteiger partial charge in [-0.25, -0.2) is 4.39 Å². The molecule has 148 heavy (non-hydrogen) atoms. The molecule has 2 heterocycles. The fourth-order valence-corrected chi connectivity index (χ4v) is 22.3. The molecule has 2 saturated heterocycles. The van der Waals surface area contributed by atoms with E-state index in [-0.39, 0.29) is 31.6 Å². The Morgan fingerprint density at radius 3 is 1.05 bits per heavy atom. The molecule has 0 bridgehead atoms. The van der Waals surface area contributed by atoms with Gasteiger partial charge in [0.15, 0.2) is 34.5 Å². The Labute approximate surface area is 988 Å². The van der Waals surface area contributed by atoms with Gasteiger partial charge in [-0.3, -0.25) is 9.80 Å². The normalized spacial score (nSPS) is 12.1. The second kappa shape index (κ2) is 83.5. The number of aromatic hydroxyl groups is 6. The molecule has 6 unspecified atom stereocenters. The summed E-state index contributed by atoms with van der Waals surface area (Å²) in [4.78, 5) is 13.5. The number of hydrogen-bond donors (Lipinski definition) is 6. The van der Waals surface area contributed by atoms with E-state index in [0.717, 1.165) is 81.4 Å². The van der Waals surface area contributed by atoms with Crippen LogP contribution in [0.25, 0.3) is 0 Å². The van der Waals surface area contributed by atoms with Gasteiger partial charge < -0.3 is 78.7 Å². The van der Waals surface area contributed by atoms with Crippen molar-refractivity contribution in [2.45, 2.75) is 98.6 Å². The van der Waals surface area contributed by atoms with E-state index in [2.05, 4.69) is 164 Å². The van der Waals surface area contributed by atoms with Gasteiger partial charge >= 0.3 is 214 Å². The van der Waals surface area contributed by atoms with E-state index in [1.807, 2.05) is 113 Å². The predicted octanol–water partition coefficient (Wildman–Crippen LogP) is 23.7. The number of para-hydroxylation sites is 3. The maximum atomic E-state index is 13.5. The van der Waals surface area contributed by atoms with E-state index in [1.165, 1.54) is 149 Å². The van der Waals surface area contributed by atoms with Crippen LogP contribution in [0.5, 0.6) is 69.0 Å². The van der Waals surface area contributed by atoms with Crippen LogP contribution in [0.15, 0.2) is 231 Å². The number of aryl methyl sites for hydroxylation is 3. The molecule has 800 valence electrons. The summed E-state index contributed by atoms with van der Waals surface area (Å²) in [6, 6.07) is 74.9. The maximum absolute atomic E-state index is 13.5. The predicted molar refractivity (Wildman–Crippen MR) is 624 cm³/mol. The molecule has 43 heteroatoms. The number of methoxy groups -OCH3 is 6. The van der Waals surface area contributed by atoms with Crippen LogP contribution in [-0.2, 0) is 141 Å². The first-order valence-corrected chi connectivity index (χ1v) is 77.7. The number of nitrogens with zero attached hydrogens (tertiary/aromatic N) is 6. The molecule has 0 radical (unpaired) electrons. The summed E-state index contributed by atoms with van der Waals surface area (Å²) < 4.78 is 44.9. The molecule has 0 aliphatic carbocycles. The minimum absolute atomic E-state index is 0.0896. The van der Waals surface area contributed by atoms with Crippen LogP contribution in [0.1, 0.15) is 88.6 Å². The van der Waals surface area contributed by atoms with Crippen LogP contribution in [0.4, 0.5) is 4.39 Å². The van der Waals surface area contributed by atoms with Gasteiger partial charge in [0.1, 0.15) is 40.3 Å². The van der Waals surface area contributed by atoms with Crippen molar-refractivity contribution in [2.24, 2.45) is 0 Å². The second-order valence-corrected chi connectivity index (χ2v) is 56.9. The molecule has 14 rings (SSSR count). The number of piperidine rings is 2. The Hall–Kier alpha value is -1.72. The molecule has 6 N–H and O–H groups in total. The summed E-state index contributed by atoms with van der Waals surface area (Å²) >= 11 is -3.33. The monoisotopic (exact) mass is 2580 g/mol. The Morgan fingerprint density at radius 2 is 0.601 bits per heavy atom. The summed E-state index contributed by atoms with van der Waals surface area (Å²) in [6.45, 7) is 16.4. The van der Waals surface area contributed by atoms with Gasteiger partial charge in [0.05, 0.1) is 42.7 Å². The van der Waals surface area contributed by atoms with Gasteiger partial charge in [-0.15, -0.1) is 0 Å². The number of hydrogen-bond acceptors (Lipinski definition) is 18. The number of ether oxygens (including phenoxy) is 6. The van der Waals surface area contributed by atoms with Gasteiger partial charge in [-0.05, 0) is 260 Å². The van der Waals surface area contributed by atoms with Gasteiger partial charge in [0, 0.05) is 83.2 Å². The molecule has 2 fully saturated rings. The van der Waals surface area contributed by atoms with Crippen LogP contribution < -0.4 is 92.1 Å². The van der Waals surface area contributed by atoms with Gasteiger partial charge in [-0.1, -0.05) is 234 Å². The number of phenolic OH excluding ortho intramolecular Hbond substituents is 6. The van der Waals surface area contributed by atoms with E-state index >= 15 is 0 Å². The fourth-order valence-electron chi connectivity index (χ4n) is 14.9. The van der Waals surface area contributed by atoms with E-state index in [4.69, 9.17) is 140 Å². The standard InChI is InChI=1S/C19H24NOP.C18H22NOP.C17H21FNO3P.C17H22NO3P.2C17H22NO2P.12ClH.6Ti/c1-15-8-7-11-18(19(15)21)22-17-10-4-3-9-16(17)14-20-12-5-2-6-13-20;20-16-9-3-5-11-18(16)21-17-10-4-2-8-15(17)14-19-12-6-1-7-13-19;1-19(2)10-11-7-12(18)5-6-15(11)23-16-9-13(21-3)8-14(22-4)17(16)20;1-18(2)11-12-7-5-6-8-15(12)22-16-10-13(20-3)9-14(21-4)17(16)19;1-12-5-8-16(13(9-12)11-18(2)3)21-17-10-14(20-4)6-7-15(17)19;1-12-7-5-8-13(11-18(2)3)17(12)21-15-10-6-9-14(20-4)16(15)19;;;;;;;;;;;;;;;;;;/h3-4,7-11,21-22H,2,5-6,12-14H2,1H3;2-5,8-11,20-21H,1,6-7,12-14H2;5-9,20,23H,10H2,1-4H3;5-10,19,22H,11H2,1-4H3;2*5-10,19,21H,11H2,1-4H3;12*1H;;;;;;/q;;;;;;;;;;;;;;;;;;6*+2/p-12. The Kier molecular flexibility index (Phi) is 79.2. The average molecular weight is 2590 g/mol. The molecule has 0 saturated carbocycles. The molecule has 2 aliphatic heterocycles. The zero-order chi connectivity index (χ0) is 110. The van der Waals surface area contributed by atoms with E-state index < -0.39 is 102 Å². The van der Waals surface area contributed by atoms with E-state index in [0.29, 0.717) is 101 Å². The van der Waals surface area contributed by atoms with Crippen molar-refractivity contribution in [1.29, 1.82) is 0 Å². The second-order valence-electron chi connectivity index (χ2n) is 33.5. The summed E-state index contributed by atoms with van der Waals surface area (Å²) in [5.41, 5.74) is 11.1. The molecule has 2 aliphatic rings. The molecule has 18 nitrogen and oxygen atoms in total. The summed E-state index contributed by atoms with van der Waals surface area (Å²) in [6.07, 6.45) is 8.04. The molecule has 12 aromatic carbocycles. The topological polar surface area (TPSA) is 196 Å². The number of benzene rings is 12. The Morgan fingerprint density at radius 1 is 0.277 bits per heavy atom. The SMILES string of the molecule is COc1cc(OC)c(O)c(Pc2ccc(F)cc2CN(C)C)c1.COc1cc(OC)c(O)c(Pc2ccccc2CN(C)C)c1.COc1ccc(O)c(Pc2ccc(C)cc2CN(C)C)c1.COc1cccc(Pc2c(C)cccc2CN(C)C)c1O.Cc1cccc(Pc2ccccc2CN2CCCCC2)c1O.Oc1ccccc1Pc1ccccc1CN1CCCCC1.[Cl][Ti][Cl].[Cl][Ti][Cl].[Cl][Ti][Cl].[Cl][Ti][Cl].[Cl][Ti][Cl].[Cl][Ti][Cl]. The van der Waals surface area contributed by atoms with Crippen molar-refractivity contribution in [3.8, 4) is 69.0 Å². The van der Waals surface area contributed by atoms with Crippen molar-refractivity contribution in [1.82, 2.24) is 29.4 Å². The quantitative estimate of drug-likeness (QED) is 0.0184. The van der Waals surface area contributed by atoms with Crippen molar-refractivity contribution < 1.29 is 166 Å². The third kappa shape index (κ3) is 55.4. The first-order valence-electron chi connectivity index (χ1n) is 45.9. The van der Waals surface area contributed by atoms with Crippen LogP contribution >= 0.6 is 163 Å². The van der Waals surface area contributed by atoms with Crippen molar-refractivity contribution in [2.75, 3.05) is 125 Å². The number of halogens is 13. The van der Waals surface area contributed by atoms with E-state index in [9.17, 15) is 35.0 Å². The molecular weight excluding hydrogens is 2450 g/mol. The zero-order valence-electron chi connectivity index (χ0n) is 86.0. The van der Waals surface area contributed by atoms with Crippen LogP contribution in [0.2, 0.25) is 0 Å². The summed E-state index contributed by atoms with van der Waals surface area (Å²) in [7, 11) is 86.7. The summed E-state index contributed by atoms with van der Waals surface area (Å²) in [5, 5.41) is 74.2. The Balaban J connectivity index is 0.000000441. The van der Waals surface area contributed by atoms with Crippen LogP contribution in [-0.4, -0.2) is 185 Å². The Bertz CT molecular complexity index is 5750. The van der Waals surface area contributed by atoms with Crippen LogP contribution in [0, 0.1) is 26.6 Å². The molecule has 0 spiro atoms. The number of rotatable bonds is 30. The van der Waals surface area contributed by atoms with Crippen molar-refractivity contribution in [3.63, 3.8) is 0 Å². The average Bonchev–Trinajstić information content (AvgIpc) is 0.827. The number of likely N-dealkylation sites (tertiary alicyclic amines) is 2. The van der Waals surface area contributed by atoms with Crippen LogP contribution in [0.3, 0.4) is 0 Å². The minimum atomic E-state index is -0.556. The van der Waals surface area contributed by atoms with Gasteiger partial charge in [0.25, 0.3) is 0 Å². The van der Waals surface area contributed by atoms with Gasteiger partial charge in [0.2, 0.25) is 0 Å². The zero-order valence-corrected chi connectivity index (χ0v) is 110. The van der Waals surface area contributed by atoms with E-state index in [1.54, 1.807) is 84.1 Å². The third-order valence-corrected chi connectivity index (χ3v) is 30.3. The molecule has 0 amide bonds. The molecule has 0 aromatic heterocycles. The molecular formula is C105H133Cl12FN6O12P6Ti6. The van der Waals surface area contributed by atoms with Crippen molar-refractivity contribution in [3.05, 3.63) is 286 Å². The third-order valence-electron chi connectivity index (χ3n) is 21.5. The molecule has 6 atom stereocenters.